The zero-order valence-electron chi connectivity index (χ0n) is 13.7. The summed E-state index contributed by atoms with van der Waals surface area (Å²) in [5.74, 6) is -7.15. The molecule has 0 N–H and O–H groups in total. The molecule has 2 aromatic rings. The predicted molar refractivity (Wildman–Crippen MR) is 103 cm³/mol. The molecule has 0 aromatic heterocycles. The van der Waals surface area contributed by atoms with Crippen molar-refractivity contribution in [3.63, 3.8) is 0 Å². The van der Waals surface area contributed by atoms with Crippen LogP contribution in [0.25, 0.3) is 11.1 Å². The molecule has 1 aliphatic rings. The molecule has 1 aliphatic heterocycles. The molecular weight excluding hydrogens is 426 g/mol. The molecule has 0 saturated heterocycles. The van der Waals surface area contributed by atoms with Crippen molar-refractivity contribution in [2.45, 2.75) is 12.5 Å². The minimum atomic E-state index is -2.77. The fourth-order valence-electron chi connectivity index (χ4n) is 2.80. The number of likely N-dealkylation sites (N-methyl/N-ethyl adjacent to an activating group) is 1. The van der Waals surface area contributed by atoms with E-state index in [1.54, 1.807) is 16.2 Å². The van der Waals surface area contributed by atoms with Crippen LogP contribution in [0.5, 0.6) is 5.75 Å². The van der Waals surface area contributed by atoms with Crippen molar-refractivity contribution in [3.8, 4) is 16.9 Å². The van der Waals surface area contributed by atoms with Gasteiger partial charge in [0.25, 0.3) is 0 Å². The second-order valence-corrected chi connectivity index (χ2v) is 7.64. The van der Waals surface area contributed by atoms with Crippen molar-refractivity contribution >= 4 is 49.9 Å². The maximum absolute atomic E-state index is 14.7. The number of rotatable bonds is 2. The number of anilines is 1. The number of carbonyl (C=O) groups is 1. The first-order valence-corrected chi connectivity index (χ1v) is 9.28. The second kappa shape index (κ2) is 6.92. The number of hydrogen-bond donors (Lipinski definition) is 0. The lowest BCUT2D eigenvalue weighted by Gasteiger charge is -2.35. The summed E-state index contributed by atoms with van der Waals surface area (Å²) in [5, 5.41) is -0.411. The van der Waals surface area contributed by atoms with Crippen molar-refractivity contribution in [3.05, 3.63) is 35.4 Å². The molecule has 1 amide bonds. The number of amides is 1. The lowest BCUT2D eigenvalue weighted by atomic mass is 10.0. The smallest absolute Gasteiger partial charge is 0.338 e. The first kappa shape index (κ1) is 20.4. The zero-order chi connectivity index (χ0) is 20.3. The van der Waals surface area contributed by atoms with Crippen LogP contribution in [-0.4, -0.2) is 18.0 Å². The average Bonchev–Trinajstić information content (AvgIpc) is 2.60. The highest BCUT2D eigenvalue weighted by molar-refractivity contribution is 7.36. The molecule has 0 bridgehead atoms. The van der Waals surface area contributed by atoms with Crippen molar-refractivity contribution in [2.24, 2.45) is 0 Å². The summed E-state index contributed by atoms with van der Waals surface area (Å²) < 4.78 is 75.8. The minimum absolute atomic E-state index is 0.0171. The maximum Gasteiger partial charge on any atom is 0.338 e. The molecular formula is C16H13F5NO2P3. The predicted octanol–water partition coefficient (Wildman–Crippen LogP) is 3.15. The highest BCUT2D eigenvalue weighted by atomic mass is 31.0. The van der Waals surface area contributed by atoms with Crippen molar-refractivity contribution in [1.82, 2.24) is 0 Å². The normalized spacial score (nSPS) is 19.1. The Bertz CT molecular complexity index is 954. The van der Waals surface area contributed by atoms with E-state index < -0.39 is 45.9 Å². The number of hydrogen-bond acceptors (Lipinski definition) is 2. The van der Waals surface area contributed by atoms with Crippen LogP contribution >= 0.6 is 27.7 Å². The minimum Gasteiger partial charge on any atom is -0.445 e. The molecule has 4 atom stereocenters. The van der Waals surface area contributed by atoms with E-state index in [9.17, 15) is 26.7 Å². The van der Waals surface area contributed by atoms with Gasteiger partial charge in [-0.2, -0.15) is 4.39 Å². The van der Waals surface area contributed by atoms with E-state index in [4.69, 9.17) is 4.74 Å². The standard InChI is InChI=1S/C16H13F5NO2P3/c1-2-22-7-3-5(6(17)4-8(7)24-16(21,27)15(22)23)9-10(18)11(19)12(20)14(26)13(9)25/h3-4H,2,25-27H2,1H3. The molecule has 2 aromatic carbocycles. The Labute approximate surface area is 158 Å². The topological polar surface area (TPSA) is 29.5 Å². The number of carbonyl (C=O) groups excluding carboxylic acids is 1. The Hall–Kier alpha value is -1.35. The van der Waals surface area contributed by atoms with Crippen LogP contribution in [0.3, 0.4) is 0 Å². The number of alkyl halides is 1. The lowest BCUT2D eigenvalue weighted by molar-refractivity contribution is -0.138. The van der Waals surface area contributed by atoms with Gasteiger partial charge in [0.15, 0.2) is 23.2 Å². The summed E-state index contributed by atoms with van der Waals surface area (Å²) in [6, 6.07) is 1.81. The SMILES string of the molecule is CCN1C(=O)C(F)(P)Oc2cc(F)c(-c3c(F)c(F)c(F)c(P)c3P)cc21. The van der Waals surface area contributed by atoms with Crippen LogP contribution in [0.1, 0.15) is 6.92 Å². The van der Waals surface area contributed by atoms with Crippen LogP contribution in [0.15, 0.2) is 12.1 Å². The Kier molecular flexibility index (Phi) is 5.22. The fraction of sp³-hybridized carbons (Fsp3) is 0.188. The van der Waals surface area contributed by atoms with Crippen LogP contribution in [0, 0.1) is 23.3 Å². The molecule has 27 heavy (non-hydrogen) atoms. The molecule has 144 valence electrons. The number of benzene rings is 2. The molecule has 4 unspecified atom stereocenters. The Balaban J connectivity index is 2.31. The van der Waals surface area contributed by atoms with Gasteiger partial charge in [0.05, 0.1) is 5.69 Å². The number of halogens is 5. The zero-order valence-corrected chi connectivity index (χ0v) is 17.2. The molecule has 0 fully saturated rings. The third-order valence-corrected chi connectivity index (χ3v) is 5.98. The summed E-state index contributed by atoms with van der Waals surface area (Å²) in [5.41, 5.74) is -3.75. The van der Waals surface area contributed by atoms with Gasteiger partial charge in [-0.15, -0.1) is 18.5 Å². The van der Waals surface area contributed by atoms with Gasteiger partial charge in [0, 0.05) is 29.0 Å². The Morgan fingerprint density at radius 2 is 1.70 bits per heavy atom. The van der Waals surface area contributed by atoms with Crippen molar-refractivity contribution < 1.29 is 31.5 Å². The lowest BCUT2D eigenvalue weighted by Crippen LogP contribution is -2.49. The van der Waals surface area contributed by atoms with Gasteiger partial charge < -0.3 is 9.64 Å². The average molecular weight is 439 g/mol. The highest BCUT2D eigenvalue weighted by Gasteiger charge is 2.45. The van der Waals surface area contributed by atoms with Gasteiger partial charge in [0.1, 0.15) is 5.82 Å². The van der Waals surface area contributed by atoms with Gasteiger partial charge in [-0.25, -0.2) is 17.6 Å². The number of nitrogens with zero attached hydrogens (tertiary/aromatic N) is 1. The maximum atomic E-state index is 14.7. The van der Waals surface area contributed by atoms with Gasteiger partial charge in [0.2, 0.25) is 0 Å². The number of ether oxygens (including phenoxy) is 1. The number of fused-ring (bicyclic) bond motifs is 1. The van der Waals surface area contributed by atoms with E-state index in [0.717, 1.165) is 17.0 Å². The summed E-state index contributed by atoms with van der Waals surface area (Å²) in [4.78, 5) is 13.2. The molecule has 0 aliphatic carbocycles. The van der Waals surface area contributed by atoms with E-state index in [0.29, 0.717) is 0 Å². The summed E-state index contributed by atoms with van der Waals surface area (Å²) in [6.07, 6.45) is 0. The summed E-state index contributed by atoms with van der Waals surface area (Å²) in [6.45, 7) is 1.57. The van der Waals surface area contributed by atoms with Crippen LogP contribution in [-0.2, 0) is 4.79 Å². The first-order valence-electron chi connectivity index (χ1n) is 7.55. The highest BCUT2D eigenvalue weighted by Crippen LogP contribution is 2.44. The van der Waals surface area contributed by atoms with Crippen LogP contribution in [0.4, 0.5) is 27.6 Å². The summed E-state index contributed by atoms with van der Waals surface area (Å²) >= 11 is 0. The van der Waals surface area contributed by atoms with E-state index >= 15 is 0 Å². The van der Waals surface area contributed by atoms with E-state index in [1.165, 1.54) is 0 Å². The largest absolute Gasteiger partial charge is 0.445 e. The van der Waals surface area contributed by atoms with Crippen LogP contribution < -0.4 is 20.2 Å². The van der Waals surface area contributed by atoms with Gasteiger partial charge in [-0.3, -0.25) is 4.79 Å². The molecule has 3 rings (SSSR count). The third kappa shape index (κ3) is 3.12. The van der Waals surface area contributed by atoms with Crippen molar-refractivity contribution in [2.75, 3.05) is 11.4 Å². The fourth-order valence-corrected chi connectivity index (χ4v) is 3.76. The molecule has 11 heteroatoms. The summed E-state index contributed by atoms with van der Waals surface area (Å²) in [7, 11) is 5.55. The molecule has 0 saturated carbocycles. The van der Waals surface area contributed by atoms with E-state index in [-0.39, 0.29) is 28.6 Å². The van der Waals surface area contributed by atoms with Crippen LogP contribution in [0.2, 0.25) is 0 Å². The monoisotopic (exact) mass is 439 g/mol. The van der Waals surface area contributed by atoms with Gasteiger partial charge in [-0.05, 0) is 27.5 Å². The third-order valence-electron chi connectivity index (χ3n) is 4.12. The van der Waals surface area contributed by atoms with Crippen molar-refractivity contribution in [1.29, 1.82) is 0 Å². The molecule has 1 heterocycles. The molecule has 3 nitrogen and oxygen atoms in total. The quantitative estimate of drug-likeness (QED) is 0.409. The van der Waals surface area contributed by atoms with Gasteiger partial charge in [-0.1, -0.05) is 0 Å². The van der Waals surface area contributed by atoms with E-state index in [2.05, 4.69) is 0 Å². The van der Waals surface area contributed by atoms with E-state index in [1.807, 2.05) is 18.5 Å². The Morgan fingerprint density at radius 3 is 2.30 bits per heavy atom. The Morgan fingerprint density at radius 1 is 1.07 bits per heavy atom. The second-order valence-electron chi connectivity index (χ2n) is 5.74. The molecule has 0 spiro atoms. The van der Waals surface area contributed by atoms with Gasteiger partial charge >= 0.3 is 11.5 Å². The molecule has 0 radical (unpaired) electrons. The first-order chi connectivity index (χ1) is 12.5.